The molecule has 4 aliphatic rings. The van der Waals surface area contributed by atoms with Crippen molar-refractivity contribution in [2.24, 2.45) is 5.92 Å². The third kappa shape index (κ3) is 3.24. The zero-order chi connectivity index (χ0) is 23.8. The van der Waals surface area contributed by atoms with Crippen LogP contribution in [-0.2, 0) is 10.2 Å². The van der Waals surface area contributed by atoms with Gasteiger partial charge in [-0.15, -0.1) is 0 Å². The number of aliphatic hydroxyl groups is 1. The number of hydrogen-bond donors (Lipinski definition) is 4. The van der Waals surface area contributed by atoms with E-state index in [4.69, 9.17) is 0 Å². The molecule has 2 saturated heterocycles. The van der Waals surface area contributed by atoms with Crippen molar-refractivity contribution in [2.45, 2.75) is 74.2 Å². The number of alkyl halides is 3. The molecule has 1 aromatic carbocycles. The summed E-state index contributed by atoms with van der Waals surface area (Å²) in [4.78, 5) is 26.8. The largest absolute Gasteiger partial charge is 0.508 e. The van der Waals surface area contributed by atoms with Crippen molar-refractivity contribution >= 4 is 11.9 Å². The summed E-state index contributed by atoms with van der Waals surface area (Å²) in [6.45, 7) is 2.69. The Kier molecular flexibility index (Phi) is 4.82. The van der Waals surface area contributed by atoms with Gasteiger partial charge in [-0.2, -0.15) is 13.2 Å². The number of amides is 3. The van der Waals surface area contributed by atoms with Gasteiger partial charge in [0.2, 0.25) is 0 Å². The predicted molar refractivity (Wildman–Crippen MR) is 111 cm³/mol. The molecule has 7 nitrogen and oxygen atoms in total. The van der Waals surface area contributed by atoms with Crippen LogP contribution >= 0.6 is 0 Å². The van der Waals surface area contributed by atoms with E-state index in [1.807, 2.05) is 11.8 Å². The van der Waals surface area contributed by atoms with Gasteiger partial charge >= 0.3 is 12.2 Å². The molecule has 2 aliphatic carbocycles. The fraction of sp³-hybridized carbons (Fsp3) is 0.652. The molecule has 0 radical (unpaired) electrons. The molecule has 4 N–H and O–H groups in total. The maximum atomic E-state index is 12.8. The summed E-state index contributed by atoms with van der Waals surface area (Å²) in [5.41, 5.74) is -1.82. The van der Waals surface area contributed by atoms with Crippen LogP contribution in [0.3, 0.4) is 0 Å². The summed E-state index contributed by atoms with van der Waals surface area (Å²) in [6.07, 6.45) is -3.98. The number of rotatable bonds is 4. The lowest BCUT2D eigenvalue weighted by molar-refractivity contribution is -0.153. The second-order valence-corrected chi connectivity index (χ2v) is 10.3. The molecule has 0 aromatic heterocycles. The van der Waals surface area contributed by atoms with Gasteiger partial charge in [-0.25, -0.2) is 4.79 Å². The van der Waals surface area contributed by atoms with Crippen molar-refractivity contribution in [2.75, 3.05) is 13.1 Å². The number of nitrogens with zero attached hydrogens (tertiary/aromatic N) is 1. The van der Waals surface area contributed by atoms with Gasteiger partial charge in [-0.3, -0.25) is 15.0 Å². The highest BCUT2D eigenvalue weighted by Crippen LogP contribution is 2.65. The van der Waals surface area contributed by atoms with Crippen molar-refractivity contribution in [3.63, 3.8) is 0 Å². The van der Waals surface area contributed by atoms with E-state index in [9.17, 15) is 33.0 Å². The minimum atomic E-state index is -4.22. The molecule has 180 valence electrons. The van der Waals surface area contributed by atoms with Gasteiger partial charge in [0, 0.05) is 24.4 Å². The third-order valence-corrected chi connectivity index (χ3v) is 8.43. The molecular formula is C23H28F3N3O4. The monoisotopic (exact) mass is 467 g/mol. The van der Waals surface area contributed by atoms with E-state index in [1.165, 1.54) is 0 Å². The second-order valence-electron chi connectivity index (χ2n) is 10.3. The van der Waals surface area contributed by atoms with Gasteiger partial charge in [0.15, 0.2) is 0 Å². The molecule has 0 bridgehead atoms. The normalized spacial score (nSPS) is 38.0. The molecule has 1 spiro atoms. The lowest BCUT2D eigenvalue weighted by Gasteiger charge is -2.57. The summed E-state index contributed by atoms with van der Waals surface area (Å²) in [6, 6.07) is 4.04. The van der Waals surface area contributed by atoms with Crippen LogP contribution in [0.5, 0.6) is 5.75 Å². The number of carbonyl (C=O) groups excluding carboxylic acids is 2. The van der Waals surface area contributed by atoms with Gasteiger partial charge in [-0.05, 0) is 74.8 Å². The van der Waals surface area contributed by atoms with Crippen LogP contribution in [0.15, 0.2) is 18.2 Å². The van der Waals surface area contributed by atoms with Crippen molar-refractivity contribution in [1.82, 2.24) is 15.5 Å². The third-order valence-electron chi connectivity index (χ3n) is 8.43. The highest BCUT2D eigenvalue weighted by Gasteiger charge is 2.73. The number of nitrogens with one attached hydrogen (secondary N) is 2. The Morgan fingerprint density at radius 2 is 2.00 bits per heavy atom. The highest BCUT2D eigenvalue weighted by molar-refractivity contribution is 6.07. The lowest BCUT2D eigenvalue weighted by Crippen LogP contribution is -2.70. The number of imide groups is 1. The molecule has 4 fully saturated rings. The van der Waals surface area contributed by atoms with Crippen LogP contribution in [0.25, 0.3) is 0 Å². The number of carbonyl (C=O) groups is 2. The van der Waals surface area contributed by atoms with E-state index >= 15 is 0 Å². The van der Waals surface area contributed by atoms with Gasteiger partial charge in [0.05, 0.1) is 5.60 Å². The quantitative estimate of drug-likeness (QED) is 0.510. The Bertz CT molecular complexity index is 1020. The number of halogens is 3. The smallest absolute Gasteiger partial charge is 0.389 e. The van der Waals surface area contributed by atoms with Crippen LogP contribution in [0, 0.1) is 12.8 Å². The van der Waals surface area contributed by atoms with Gasteiger partial charge in [-0.1, -0.05) is 6.07 Å². The van der Waals surface area contributed by atoms with Gasteiger partial charge in [0.1, 0.15) is 11.3 Å². The molecule has 5 rings (SSSR count). The van der Waals surface area contributed by atoms with E-state index < -0.39 is 41.1 Å². The molecular weight excluding hydrogens is 439 g/mol. The maximum absolute atomic E-state index is 12.8. The van der Waals surface area contributed by atoms with Crippen LogP contribution in [-0.4, -0.2) is 63.5 Å². The number of hydrogen-bond acceptors (Lipinski definition) is 5. The van der Waals surface area contributed by atoms with Crippen molar-refractivity contribution in [1.29, 1.82) is 0 Å². The van der Waals surface area contributed by atoms with E-state index in [2.05, 4.69) is 10.6 Å². The first kappa shape index (κ1) is 22.5. The number of phenols is 1. The Morgan fingerprint density at radius 3 is 2.67 bits per heavy atom. The van der Waals surface area contributed by atoms with Crippen molar-refractivity contribution in [3.8, 4) is 5.75 Å². The van der Waals surface area contributed by atoms with Crippen molar-refractivity contribution in [3.05, 3.63) is 29.3 Å². The molecule has 2 aliphatic heterocycles. The fourth-order valence-corrected chi connectivity index (χ4v) is 7.18. The number of aromatic hydroxyl groups is 1. The summed E-state index contributed by atoms with van der Waals surface area (Å²) in [5.74, 6) is -0.334. The SMILES string of the molecule is Cc1ccc(O)cc1[C@]12CC3CN(CCCC(F)(F)F)[C@H]3[C@]1(O)CC[C@@]1(C2)NC(=O)NC1=O. The van der Waals surface area contributed by atoms with Gasteiger partial charge < -0.3 is 15.5 Å². The number of benzene rings is 1. The average Bonchev–Trinajstić information content (AvgIpc) is 3.07. The van der Waals surface area contributed by atoms with E-state index in [1.54, 1.807) is 18.2 Å². The Balaban J connectivity index is 1.53. The number of likely N-dealkylation sites (tertiary alicyclic amines) is 1. The number of phenolic OH excluding ortho intramolecular Hbond substituents is 1. The summed E-state index contributed by atoms with van der Waals surface area (Å²) < 4.78 is 38.0. The van der Waals surface area contributed by atoms with Gasteiger partial charge in [0.25, 0.3) is 5.91 Å². The van der Waals surface area contributed by atoms with E-state index in [0.29, 0.717) is 13.0 Å². The predicted octanol–water partition coefficient (Wildman–Crippen LogP) is 2.48. The topological polar surface area (TPSA) is 102 Å². The molecule has 1 unspecified atom stereocenters. The Morgan fingerprint density at radius 1 is 1.24 bits per heavy atom. The maximum Gasteiger partial charge on any atom is 0.389 e. The first-order chi connectivity index (χ1) is 15.4. The van der Waals surface area contributed by atoms with Crippen LogP contribution in [0.4, 0.5) is 18.0 Å². The molecule has 5 atom stereocenters. The number of urea groups is 1. The Labute approximate surface area is 189 Å². The molecule has 33 heavy (non-hydrogen) atoms. The summed E-state index contributed by atoms with van der Waals surface area (Å²) >= 11 is 0. The zero-order valence-electron chi connectivity index (χ0n) is 18.3. The zero-order valence-corrected chi connectivity index (χ0v) is 18.3. The second kappa shape index (κ2) is 7.09. The van der Waals surface area contributed by atoms with Crippen molar-refractivity contribution < 1.29 is 33.0 Å². The van der Waals surface area contributed by atoms with E-state index in [-0.39, 0.29) is 49.9 Å². The first-order valence-electron chi connectivity index (χ1n) is 11.4. The van der Waals surface area contributed by atoms with Crippen LogP contribution in [0.1, 0.15) is 49.7 Å². The number of aryl methyl sites for hydroxylation is 1. The summed E-state index contributed by atoms with van der Waals surface area (Å²) in [5, 5.41) is 27.6. The minimum absolute atomic E-state index is 0.0353. The molecule has 1 aromatic rings. The van der Waals surface area contributed by atoms with Crippen LogP contribution in [0.2, 0.25) is 0 Å². The minimum Gasteiger partial charge on any atom is -0.508 e. The van der Waals surface area contributed by atoms with E-state index in [0.717, 1.165) is 11.1 Å². The number of fused-ring (bicyclic) bond motifs is 3. The lowest BCUT2D eigenvalue weighted by atomic mass is 9.55. The standard InChI is InChI=1S/C23H28F3N3O4/c1-13-3-4-15(30)9-16(13)20-10-14-11-29(8-2-5-23(24,25)26)17(14)22(20,33)7-6-21(12-20)18(31)27-19(32)28-21/h3-4,9,14,17,30,33H,2,5-8,10-12H2,1H3,(H2,27,28,31,32)/t14?,17-,20-,21+,22-/m1/s1. The van der Waals surface area contributed by atoms with Crippen LogP contribution < -0.4 is 10.6 Å². The fourth-order valence-electron chi connectivity index (χ4n) is 7.18. The molecule has 2 saturated carbocycles. The average molecular weight is 467 g/mol. The highest BCUT2D eigenvalue weighted by atomic mass is 19.4. The summed E-state index contributed by atoms with van der Waals surface area (Å²) in [7, 11) is 0. The molecule has 3 amide bonds. The first-order valence-corrected chi connectivity index (χ1v) is 11.4. The molecule has 2 heterocycles. The Hall–Kier alpha value is -2.33. The molecule has 10 heteroatoms.